The average Bonchev–Trinajstić information content (AvgIpc) is 2.61. The topological polar surface area (TPSA) is 153 Å². The van der Waals surface area contributed by atoms with Crippen molar-refractivity contribution in [3.05, 3.63) is 34.4 Å². The zero-order chi connectivity index (χ0) is 19.9. The number of hydrogen-bond donors (Lipinski definition) is 1. The molecule has 26 heavy (non-hydrogen) atoms. The predicted molar refractivity (Wildman–Crippen MR) is 86.5 cm³/mol. The van der Waals surface area contributed by atoms with Crippen LogP contribution in [0.2, 0.25) is 0 Å². The summed E-state index contributed by atoms with van der Waals surface area (Å²) < 4.78 is 35.2. The molecule has 0 saturated heterocycles. The molecule has 0 saturated carbocycles. The third-order valence-electron chi connectivity index (χ3n) is 3.24. The summed E-state index contributed by atoms with van der Waals surface area (Å²) >= 11 is 0. The molecule has 1 N–H and O–H groups in total. The van der Waals surface area contributed by atoms with Crippen molar-refractivity contribution in [3.8, 4) is 0 Å². The first-order chi connectivity index (χ1) is 12.2. The summed E-state index contributed by atoms with van der Waals surface area (Å²) in [5.74, 6) is -2.03. The fraction of sp³-hybridized carbons (Fsp3) is 0.429. The molecule has 0 heterocycles. The summed E-state index contributed by atoms with van der Waals surface area (Å²) in [6, 6.07) is 2.14. The molecule has 0 spiro atoms. The number of aliphatic hydroxyl groups excluding tert-OH is 1. The van der Waals surface area contributed by atoms with Gasteiger partial charge in [0.15, 0.2) is 0 Å². The zero-order valence-electron chi connectivity index (χ0n) is 14.0. The lowest BCUT2D eigenvalue weighted by Crippen LogP contribution is -2.50. The molecule has 1 rings (SSSR count). The van der Waals surface area contributed by atoms with Gasteiger partial charge in [-0.2, -0.15) is 4.31 Å². The highest BCUT2D eigenvalue weighted by Gasteiger charge is 2.38. The Bertz CT molecular complexity index is 761. The van der Waals surface area contributed by atoms with Crippen LogP contribution in [-0.4, -0.2) is 67.6 Å². The van der Waals surface area contributed by atoms with Gasteiger partial charge in [0.1, 0.15) is 12.6 Å². The van der Waals surface area contributed by atoms with Crippen molar-refractivity contribution >= 4 is 27.6 Å². The van der Waals surface area contributed by atoms with E-state index >= 15 is 0 Å². The number of rotatable bonds is 9. The molecule has 0 fully saturated rings. The second kappa shape index (κ2) is 9.22. The van der Waals surface area contributed by atoms with Crippen molar-refractivity contribution in [3.63, 3.8) is 0 Å². The third kappa shape index (κ3) is 4.97. The molecular weight excluding hydrogens is 372 g/mol. The van der Waals surface area contributed by atoms with Gasteiger partial charge < -0.3 is 14.6 Å². The molecule has 1 aromatic rings. The molecule has 11 nitrogen and oxygen atoms in total. The van der Waals surface area contributed by atoms with Crippen molar-refractivity contribution in [1.29, 1.82) is 0 Å². The summed E-state index contributed by atoms with van der Waals surface area (Å²) in [6.45, 7) is -0.311. The van der Waals surface area contributed by atoms with Gasteiger partial charge in [-0.3, -0.25) is 19.7 Å². The first-order valence-corrected chi connectivity index (χ1v) is 8.73. The molecule has 1 unspecified atom stereocenters. The molecule has 1 atom stereocenters. The molecule has 0 aliphatic rings. The number of esters is 2. The predicted octanol–water partition coefficient (Wildman–Crippen LogP) is -0.317. The van der Waals surface area contributed by atoms with Gasteiger partial charge in [-0.1, -0.05) is 0 Å². The Morgan fingerprint density at radius 3 is 2.31 bits per heavy atom. The molecular formula is C14H18N2O9S. The minimum Gasteiger partial charge on any atom is -0.468 e. The van der Waals surface area contributed by atoms with E-state index in [-0.39, 0.29) is 12.3 Å². The van der Waals surface area contributed by atoms with Crippen molar-refractivity contribution in [2.75, 3.05) is 26.9 Å². The summed E-state index contributed by atoms with van der Waals surface area (Å²) in [7, 11) is -3.48. The van der Waals surface area contributed by atoms with E-state index in [1.54, 1.807) is 0 Å². The number of ether oxygens (including phenoxy) is 2. The van der Waals surface area contributed by atoms with Crippen LogP contribution in [0.1, 0.15) is 6.92 Å². The van der Waals surface area contributed by atoms with Crippen LogP contribution in [-0.2, 0) is 29.1 Å². The van der Waals surface area contributed by atoms with E-state index in [0.717, 1.165) is 31.4 Å². The lowest BCUT2D eigenvalue weighted by atomic mass is 10.3. The quantitative estimate of drug-likeness (QED) is 0.339. The molecule has 0 amide bonds. The highest BCUT2D eigenvalue weighted by atomic mass is 32.2. The van der Waals surface area contributed by atoms with Gasteiger partial charge in [0.05, 0.1) is 30.1 Å². The fourth-order valence-corrected chi connectivity index (χ4v) is 3.50. The minimum atomic E-state index is -4.47. The monoisotopic (exact) mass is 390 g/mol. The smallest absolute Gasteiger partial charge is 0.326 e. The number of hydrogen-bond acceptors (Lipinski definition) is 9. The largest absolute Gasteiger partial charge is 0.468 e. The Balaban J connectivity index is 3.34. The Hall–Kier alpha value is -2.57. The molecule has 0 aromatic heterocycles. The highest BCUT2D eigenvalue weighted by molar-refractivity contribution is 7.89. The van der Waals surface area contributed by atoms with Crippen LogP contribution in [0.15, 0.2) is 29.2 Å². The fourth-order valence-electron chi connectivity index (χ4n) is 1.99. The maximum absolute atomic E-state index is 12.8. The zero-order valence-corrected chi connectivity index (χ0v) is 14.8. The Morgan fingerprint density at radius 1 is 1.31 bits per heavy atom. The maximum Gasteiger partial charge on any atom is 0.326 e. The number of carbonyl (C=O) groups is 2. The van der Waals surface area contributed by atoms with Crippen molar-refractivity contribution in [2.24, 2.45) is 0 Å². The first kappa shape index (κ1) is 21.5. The van der Waals surface area contributed by atoms with Crippen LogP contribution < -0.4 is 0 Å². The normalized spacial score (nSPS) is 12.5. The van der Waals surface area contributed by atoms with Crippen molar-refractivity contribution in [2.45, 2.75) is 17.9 Å². The van der Waals surface area contributed by atoms with E-state index in [9.17, 15) is 33.2 Å². The van der Waals surface area contributed by atoms with Gasteiger partial charge >= 0.3 is 11.9 Å². The van der Waals surface area contributed by atoms with E-state index in [1.807, 2.05) is 0 Å². The van der Waals surface area contributed by atoms with Crippen LogP contribution in [0.3, 0.4) is 0 Å². The number of benzene rings is 1. The van der Waals surface area contributed by atoms with Crippen LogP contribution in [0, 0.1) is 10.1 Å². The lowest BCUT2D eigenvalue weighted by molar-refractivity contribution is -0.384. The van der Waals surface area contributed by atoms with Crippen LogP contribution in [0.25, 0.3) is 0 Å². The van der Waals surface area contributed by atoms with Gasteiger partial charge in [-0.15, -0.1) is 0 Å². The molecule has 0 aliphatic carbocycles. The maximum atomic E-state index is 12.8. The van der Waals surface area contributed by atoms with Gasteiger partial charge in [0.25, 0.3) is 5.69 Å². The van der Waals surface area contributed by atoms with Crippen molar-refractivity contribution in [1.82, 2.24) is 4.31 Å². The summed E-state index contributed by atoms with van der Waals surface area (Å²) in [4.78, 5) is 33.1. The molecule has 1 aromatic carbocycles. The molecule has 0 bridgehead atoms. The van der Waals surface area contributed by atoms with Crippen LogP contribution >= 0.6 is 0 Å². The van der Waals surface area contributed by atoms with E-state index in [4.69, 9.17) is 4.74 Å². The number of nitro groups is 1. The molecule has 12 heteroatoms. The number of methoxy groups -OCH3 is 1. The molecule has 144 valence electrons. The van der Waals surface area contributed by atoms with Gasteiger partial charge in [0, 0.05) is 12.1 Å². The number of carbonyl (C=O) groups excluding carboxylic acids is 2. The van der Waals surface area contributed by atoms with E-state index < -0.39 is 51.0 Å². The summed E-state index contributed by atoms with van der Waals surface area (Å²) in [5.41, 5.74) is -0.340. The Morgan fingerprint density at radius 2 is 1.88 bits per heavy atom. The number of aliphatic hydroxyl groups is 1. The number of sulfonamides is 1. The van der Waals surface area contributed by atoms with E-state index in [1.165, 1.54) is 6.92 Å². The number of nitrogens with zero attached hydrogens (tertiary/aromatic N) is 2. The van der Waals surface area contributed by atoms with E-state index in [2.05, 4.69) is 4.74 Å². The highest BCUT2D eigenvalue weighted by Crippen LogP contribution is 2.22. The van der Waals surface area contributed by atoms with Crippen molar-refractivity contribution < 1.29 is 37.5 Å². The third-order valence-corrected chi connectivity index (χ3v) is 5.11. The second-order valence-electron chi connectivity index (χ2n) is 4.83. The SMILES string of the molecule is CCOC(=O)CN(C(CO)C(=O)OC)S(=O)(=O)c1ccc([N+](=O)[O-])cc1. The molecule has 0 radical (unpaired) electrons. The number of non-ortho nitro benzene ring substituents is 1. The standard InChI is InChI=1S/C14H18N2O9S/c1-3-25-13(18)8-15(12(9-17)14(19)24-2)26(22,23)11-6-4-10(5-7-11)16(20)21/h4-7,12,17H,3,8-9H2,1-2H3. The van der Waals surface area contributed by atoms with E-state index in [0.29, 0.717) is 4.31 Å². The first-order valence-electron chi connectivity index (χ1n) is 7.29. The molecule has 0 aliphatic heterocycles. The average molecular weight is 390 g/mol. The second-order valence-corrected chi connectivity index (χ2v) is 6.72. The Labute approximate surface area is 149 Å². The summed E-state index contributed by atoms with van der Waals surface area (Å²) in [6.07, 6.45) is 0. The van der Waals surface area contributed by atoms with Crippen LogP contribution in [0.4, 0.5) is 5.69 Å². The summed E-state index contributed by atoms with van der Waals surface area (Å²) in [5, 5.41) is 20.1. The minimum absolute atomic E-state index is 0.0216. The lowest BCUT2D eigenvalue weighted by Gasteiger charge is -2.26. The van der Waals surface area contributed by atoms with Gasteiger partial charge in [-0.25, -0.2) is 8.42 Å². The van der Waals surface area contributed by atoms with Gasteiger partial charge in [-0.05, 0) is 19.1 Å². The van der Waals surface area contributed by atoms with Crippen LogP contribution in [0.5, 0.6) is 0 Å². The van der Waals surface area contributed by atoms with Gasteiger partial charge in [0.2, 0.25) is 10.0 Å². The Kier molecular flexibility index (Phi) is 7.61. The number of nitro benzene ring substituents is 1.